The zero-order valence-electron chi connectivity index (χ0n) is 20.7. The number of carbonyl (C=O) groups excluding carboxylic acids is 1. The summed E-state index contributed by atoms with van der Waals surface area (Å²) in [5.41, 5.74) is 2.23. The summed E-state index contributed by atoms with van der Waals surface area (Å²) in [5, 5.41) is 10.2. The molecule has 0 saturated heterocycles. The molecule has 37 heavy (non-hydrogen) atoms. The van der Waals surface area contributed by atoms with Gasteiger partial charge in [-0.3, -0.25) is 9.89 Å². The normalized spacial score (nSPS) is 20.7. The lowest BCUT2D eigenvalue weighted by atomic mass is 9.78. The topological polar surface area (TPSA) is 108 Å². The lowest BCUT2D eigenvalue weighted by Gasteiger charge is -2.43. The first-order valence-corrected chi connectivity index (χ1v) is 12.3. The highest BCUT2D eigenvalue weighted by Crippen LogP contribution is 2.38. The van der Waals surface area contributed by atoms with Gasteiger partial charge in [0.1, 0.15) is 23.0 Å². The van der Waals surface area contributed by atoms with Crippen molar-refractivity contribution in [1.29, 1.82) is 0 Å². The van der Waals surface area contributed by atoms with E-state index >= 15 is 0 Å². The maximum Gasteiger partial charge on any atom is 0.274 e. The SMILES string of the molecule is CN(C(=O)c1cn2c(n1)CN(c1nccc(Nc3ccc(-c4cn[nH]c4)cc3)n1)CC2)C1CC(C)(F)C1. The first kappa shape index (κ1) is 23.1. The van der Waals surface area contributed by atoms with Crippen LogP contribution in [0.3, 0.4) is 0 Å². The van der Waals surface area contributed by atoms with Gasteiger partial charge in [-0.1, -0.05) is 12.1 Å². The molecule has 0 atom stereocenters. The average Bonchev–Trinajstić information content (AvgIpc) is 3.57. The van der Waals surface area contributed by atoms with Gasteiger partial charge in [0.25, 0.3) is 5.91 Å². The van der Waals surface area contributed by atoms with Crippen LogP contribution in [0.25, 0.3) is 11.1 Å². The van der Waals surface area contributed by atoms with Crippen molar-refractivity contribution in [3.63, 3.8) is 0 Å². The zero-order chi connectivity index (χ0) is 25.6. The van der Waals surface area contributed by atoms with Gasteiger partial charge in [0.15, 0.2) is 0 Å². The Labute approximate surface area is 213 Å². The van der Waals surface area contributed by atoms with Gasteiger partial charge in [-0.25, -0.2) is 14.4 Å². The van der Waals surface area contributed by atoms with Crippen LogP contribution < -0.4 is 10.2 Å². The largest absolute Gasteiger partial charge is 0.340 e. The van der Waals surface area contributed by atoms with Crippen molar-refractivity contribution in [2.75, 3.05) is 23.8 Å². The minimum atomic E-state index is -1.18. The number of nitrogens with zero attached hydrogens (tertiary/aromatic N) is 7. The lowest BCUT2D eigenvalue weighted by Crippen LogP contribution is -2.52. The standard InChI is InChI=1S/C26H28FN9O/c1-26(27)11-20(12-26)34(2)24(37)21-15-35-9-10-36(16-23(35)32-21)25-28-8-7-22(33-25)31-19-5-3-17(4-6-19)18-13-29-30-14-18/h3-8,13-15,20H,9-12,16H2,1-2H3,(H,29,30)(H,28,31,33). The molecule has 2 N–H and O–H groups in total. The molecule has 0 spiro atoms. The second kappa shape index (κ2) is 8.99. The molecule has 3 aromatic heterocycles. The number of fused-ring (bicyclic) bond motifs is 1. The number of H-pyrrole nitrogens is 1. The van der Waals surface area contributed by atoms with E-state index < -0.39 is 5.67 Å². The maximum atomic E-state index is 13.9. The molecule has 10 nitrogen and oxygen atoms in total. The van der Waals surface area contributed by atoms with Gasteiger partial charge >= 0.3 is 0 Å². The van der Waals surface area contributed by atoms with Gasteiger partial charge in [0.05, 0.1) is 12.7 Å². The molecule has 4 aromatic rings. The summed E-state index contributed by atoms with van der Waals surface area (Å²) >= 11 is 0. The van der Waals surface area contributed by atoms with Crippen molar-refractivity contribution >= 4 is 23.4 Å². The molecule has 1 fully saturated rings. The fraction of sp³-hybridized carbons (Fsp3) is 0.346. The van der Waals surface area contributed by atoms with Crippen molar-refractivity contribution in [2.45, 2.75) is 44.6 Å². The molecule has 6 rings (SSSR count). The summed E-state index contributed by atoms with van der Waals surface area (Å²) in [5.74, 6) is 1.89. The van der Waals surface area contributed by atoms with Crippen LogP contribution in [0, 0.1) is 0 Å². The fourth-order valence-corrected chi connectivity index (χ4v) is 4.94. The highest BCUT2D eigenvalue weighted by atomic mass is 19.1. The molecule has 1 aromatic carbocycles. The summed E-state index contributed by atoms with van der Waals surface area (Å²) in [6, 6.07) is 9.79. The number of aromatic amines is 1. The second-order valence-electron chi connectivity index (χ2n) is 9.98. The number of anilines is 3. The fourth-order valence-electron chi connectivity index (χ4n) is 4.94. The van der Waals surface area contributed by atoms with Crippen LogP contribution in [0.15, 0.2) is 55.1 Å². The summed E-state index contributed by atoms with van der Waals surface area (Å²) in [6.07, 6.45) is 7.90. The molecule has 0 bridgehead atoms. The van der Waals surface area contributed by atoms with E-state index in [0.29, 0.717) is 49.9 Å². The van der Waals surface area contributed by atoms with Gasteiger partial charge in [-0.15, -0.1) is 0 Å². The highest BCUT2D eigenvalue weighted by molar-refractivity contribution is 5.92. The Bertz CT molecular complexity index is 1410. The smallest absolute Gasteiger partial charge is 0.274 e. The van der Waals surface area contributed by atoms with E-state index in [1.165, 1.54) is 0 Å². The zero-order valence-corrected chi connectivity index (χ0v) is 20.7. The number of benzene rings is 1. The highest BCUT2D eigenvalue weighted by Gasteiger charge is 2.44. The quantitative estimate of drug-likeness (QED) is 0.414. The number of hydrogen-bond donors (Lipinski definition) is 2. The van der Waals surface area contributed by atoms with Crippen molar-refractivity contribution in [3.05, 3.63) is 66.6 Å². The van der Waals surface area contributed by atoms with E-state index in [2.05, 4.69) is 25.5 Å². The Hall–Kier alpha value is -4.28. The van der Waals surface area contributed by atoms with E-state index in [1.54, 1.807) is 37.5 Å². The number of alkyl halides is 1. The van der Waals surface area contributed by atoms with Crippen LogP contribution in [0.2, 0.25) is 0 Å². The molecule has 1 saturated carbocycles. The van der Waals surface area contributed by atoms with Gasteiger partial charge in [-0.2, -0.15) is 10.1 Å². The molecular formula is C26H28FN9O. The summed E-state index contributed by atoms with van der Waals surface area (Å²) < 4.78 is 15.9. The Morgan fingerprint density at radius 1 is 1.16 bits per heavy atom. The molecule has 4 heterocycles. The molecule has 1 aliphatic heterocycles. The molecule has 11 heteroatoms. The maximum absolute atomic E-state index is 13.9. The Morgan fingerprint density at radius 2 is 1.97 bits per heavy atom. The molecular weight excluding hydrogens is 473 g/mol. The minimum Gasteiger partial charge on any atom is -0.340 e. The molecule has 2 aliphatic rings. The van der Waals surface area contributed by atoms with Crippen LogP contribution in [-0.2, 0) is 13.1 Å². The number of halogens is 1. The molecule has 0 radical (unpaired) electrons. The molecule has 1 amide bonds. The number of carbonyl (C=O) groups is 1. The number of nitrogens with one attached hydrogen (secondary N) is 2. The third kappa shape index (κ3) is 4.64. The van der Waals surface area contributed by atoms with Crippen molar-refractivity contribution in [3.8, 4) is 11.1 Å². The molecule has 0 unspecified atom stereocenters. The number of aromatic nitrogens is 6. The summed E-state index contributed by atoms with van der Waals surface area (Å²) in [4.78, 5) is 30.4. The first-order valence-electron chi connectivity index (χ1n) is 12.3. The van der Waals surface area contributed by atoms with Crippen molar-refractivity contribution in [2.24, 2.45) is 0 Å². The van der Waals surface area contributed by atoms with Gasteiger partial charge < -0.3 is 19.7 Å². The van der Waals surface area contributed by atoms with Crippen LogP contribution in [0.4, 0.5) is 21.8 Å². The summed E-state index contributed by atoms with van der Waals surface area (Å²) in [6.45, 7) is 3.43. The third-order valence-electron chi connectivity index (χ3n) is 7.13. The first-order chi connectivity index (χ1) is 17.8. The van der Waals surface area contributed by atoms with E-state index in [4.69, 9.17) is 4.98 Å². The second-order valence-corrected chi connectivity index (χ2v) is 9.98. The van der Waals surface area contributed by atoms with Gasteiger partial charge in [0, 0.05) is 68.9 Å². The summed E-state index contributed by atoms with van der Waals surface area (Å²) in [7, 11) is 1.73. The van der Waals surface area contributed by atoms with Crippen LogP contribution >= 0.6 is 0 Å². The Balaban J connectivity index is 1.12. The van der Waals surface area contributed by atoms with E-state index in [-0.39, 0.29) is 11.9 Å². The monoisotopic (exact) mass is 501 g/mol. The average molecular weight is 502 g/mol. The minimum absolute atomic E-state index is 0.0804. The van der Waals surface area contributed by atoms with E-state index in [0.717, 1.165) is 22.6 Å². The van der Waals surface area contributed by atoms with Crippen LogP contribution in [0.1, 0.15) is 36.1 Å². The van der Waals surface area contributed by atoms with Gasteiger partial charge in [-0.05, 0) is 30.7 Å². The number of hydrogen-bond acceptors (Lipinski definition) is 7. The molecule has 190 valence electrons. The number of imidazole rings is 1. The lowest BCUT2D eigenvalue weighted by molar-refractivity contribution is -0.00102. The Morgan fingerprint density at radius 3 is 2.70 bits per heavy atom. The van der Waals surface area contributed by atoms with E-state index in [9.17, 15) is 9.18 Å². The van der Waals surface area contributed by atoms with Gasteiger partial charge in [0.2, 0.25) is 5.95 Å². The van der Waals surface area contributed by atoms with Crippen molar-refractivity contribution in [1.82, 2.24) is 34.6 Å². The van der Waals surface area contributed by atoms with E-state index in [1.807, 2.05) is 46.0 Å². The third-order valence-corrected chi connectivity index (χ3v) is 7.13. The number of rotatable bonds is 6. The van der Waals surface area contributed by atoms with Crippen LogP contribution in [-0.4, -0.2) is 65.8 Å². The predicted octanol–water partition coefficient (Wildman–Crippen LogP) is 3.79. The Kier molecular flexibility index (Phi) is 5.62. The van der Waals surface area contributed by atoms with Crippen LogP contribution in [0.5, 0.6) is 0 Å². The number of amides is 1. The van der Waals surface area contributed by atoms with Crippen molar-refractivity contribution < 1.29 is 9.18 Å². The molecule has 1 aliphatic carbocycles. The predicted molar refractivity (Wildman–Crippen MR) is 137 cm³/mol.